The summed E-state index contributed by atoms with van der Waals surface area (Å²) in [5.41, 5.74) is 2.64. The lowest BCUT2D eigenvalue weighted by Crippen LogP contribution is -2.49. The minimum absolute atomic E-state index is 0.494. The molecule has 2 heterocycles. The van der Waals surface area contributed by atoms with E-state index in [1.54, 1.807) is 0 Å². The fourth-order valence-corrected chi connectivity index (χ4v) is 2.67. The fraction of sp³-hybridized carbons (Fsp3) is 0.500. The fourth-order valence-electron chi connectivity index (χ4n) is 2.67. The van der Waals surface area contributed by atoms with Crippen molar-refractivity contribution in [3.05, 3.63) is 41.2 Å². The van der Waals surface area contributed by atoms with E-state index in [0.29, 0.717) is 6.04 Å². The van der Waals surface area contributed by atoms with Gasteiger partial charge in [0, 0.05) is 32.1 Å². The Balaban J connectivity index is 1.58. The molecule has 5 heteroatoms. The van der Waals surface area contributed by atoms with Crippen LogP contribution in [0.1, 0.15) is 23.9 Å². The average molecular weight is 285 g/mol. The quantitative estimate of drug-likeness (QED) is 0.897. The third-order valence-corrected chi connectivity index (χ3v) is 3.94. The first-order chi connectivity index (χ1) is 10.2. The molecular weight excluding hydrogens is 262 g/mol. The van der Waals surface area contributed by atoms with Crippen LogP contribution in [0.25, 0.3) is 0 Å². The summed E-state index contributed by atoms with van der Waals surface area (Å²) in [5, 5.41) is 10.9. The lowest BCUT2D eigenvalue weighted by molar-refractivity contribution is 0.479. The van der Waals surface area contributed by atoms with Gasteiger partial charge in [-0.1, -0.05) is 29.8 Å². The van der Waals surface area contributed by atoms with Gasteiger partial charge in [-0.25, -0.2) is 0 Å². The molecule has 0 unspecified atom stereocenters. The first-order valence-electron chi connectivity index (χ1n) is 7.66. The van der Waals surface area contributed by atoms with Crippen molar-refractivity contribution in [3.63, 3.8) is 0 Å². The Morgan fingerprint density at radius 2 is 2.05 bits per heavy atom. The highest BCUT2D eigenvalue weighted by Gasteiger charge is 2.19. The number of aryl methyl sites for hydroxylation is 3. The van der Waals surface area contributed by atoms with Gasteiger partial charge in [-0.15, -0.1) is 5.10 Å². The number of H-pyrrole nitrogens is 1. The van der Waals surface area contributed by atoms with Crippen molar-refractivity contribution < 1.29 is 0 Å². The molecule has 2 N–H and O–H groups in total. The Labute approximate surface area is 125 Å². The number of rotatable bonds is 4. The zero-order chi connectivity index (χ0) is 14.7. The summed E-state index contributed by atoms with van der Waals surface area (Å²) in [4.78, 5) is 6.88. The van der Waals surface area contributed by atoms with Crippen LogP contribution < -0.4 is 10.2 Å². The third-order valence-electron chi connectivity index (χ3n) is 3.94. The number of benzene rings is 1. The van der Waals surface area contributed by atoms with Crippen molar-refractivity contribution in [2.24, 2.45) is 0 Å². The second-order valence-electron chi connectivity index (χ2n) is 5.87. The van der Waals surface area contributed by atoms with E-state index in [1.807, 2.05) is 0 Å². The molecule has 112 valence electrons. The molecular formula is C16H23N5. The molecule has 0 spiro atoms. The molecule has 2 aromatic rings. The van der Waals surface area contributed by atoms with E-state index in [1.165, 1.54) is 11.1 Å². The van der Waals surface area contributed by atoms with Crippen molar-refractivity contribution in [3.8, 4) is 0 Å². The molecule has 0 bridgehead atoms. The number of anilines is 1. The summed E-state index contributed by atoms with van der Waals surface area (Å²) in [6.07, 6.45) is 1.89. The molecule has 0 amide bonds. The van der Waals surface area contributed by atoms with Gasteiger partial charge in [0.1, 0.15) is 5.82 Å². The topological polar surface area (TPSA) is 56.8 Å². The lowest BCUT2D eigenvalue weighted by atomic mass is 10.1. The third kappa shape index (κ3) is 3.61. The maximum Gasteiger partial charge on any atom is 0.244 e. The maximum absolute atomic E-state index is 4.63. The molecule has 1 aliphatic rings. The van der Waals surface area contributed by atoms with Crippen LogP contribution in [0.5, 0.6) is 0 Å². The number of piperazine rings is 1. The first kappa shape index (κ1) is 14.1. The van der Waals surface area contributed by atoms with E-state index in [-0.39, 0.29) is 0 Å². The summed E-state index contributed by atoms with van der Waals surface area (Å²) in [5.74, 6) is 1.80. The molecule has 0 radical (unpaired) electrons. The van der Waals surface area contributed by atoms with Crippen LogP contribution in [-0.4, -0.2) is 40.9 Å². The van der Waals surface area contributed by atoms with Crippen LogP contribution in [0.4, 0.5) is 5.95 Å². The van der Waals surface area contributed by atoms with Crippen molar-refractivity contribution in [1.29, 1.82) is 0 Å². The van der Waals surface area contributed by atoms with E-state index in [0.717, 1.165) is 44.2 Å². The van der Waals surface area contributed by atoms with Crippen LogP contribution in [-0.2, 0) is 12.8 Å². The van der Waals surface area contributed by atoms with Crippen molar-refractivity contribution in [1.82, 2.24) is 20.5 Å². The Bertz CT molecular complexity index is 575. The molecule has 1 aromatic carbocycles. The molecule has 0 saturated carbocycles. The molecule has 21 heavy (non-hydrogen) atoms. The molecule has 1 atom stereocenters. The van der Waals surface area contributed by atoms with Gasteiger partial charge in [0.25, 0.3) is 0 Å². The summed E-state index contributed by atoms with van der Waals surface area (Å²) >= 11 is 0. The zero-order valence-electron chi connectivity index (χ0n) is 12.8. The van der Waals surface area contributed by atoms with Crippen molar-refractivity contribution >= 4 is 5.95 Å². The molecule has 3 rings (SSSR count). The highest BCUT2D eigenvalue weighted by atomic mass is 15.4. The number of aromatic nitrogens is 3. The monoisotopic (exact) mass is 285 g/mol. The Morgan fingerprint density at radius 1 is 1.24 bits per heavy atom. The SMILES string of the molecule is Cc1ccc(CCc2nc(N3CCN[C@H](C)C3)n[nH]2)cc1. The summed E-state index contributed by atoms with van der Waals surface area (Å²) in [6, 6.07) is 9.18. The Morgan fingerprint density at radius 3 is 2.81 bits per heavy atom. The molecule has 5 nitrogen and oxygen atoms in total. The smallest absolute Gasteiger partial charge is 0.244 e. The maximum atomic E-state index is 4.63. The number of nitrogens with one attached hydrogen (secondary N) is 2. The van der Waals surface area contributed by atoms with Gasteiger partial charge in [-0.3, -0.25) is 5.10 Å². The van der Waals surface area contributed by atoms with Crippen LogP contribution in [0, 0.1) is 6.92 Å². The van der Waals surface area contributed by atoms with Gasteiger partial charge in [0.2, 0.25) is 5.95 Å². The standard InChI is InChI=1S/C16H23N5/c1-12-3-5-14(6-4-12)7-8-15-18-16(20-19-15)21-10-9-17-13(2)11-21/h3-6,13,17H,7-11H2,1-2H3,(H,18,19,20)/t13-/m1/s1. The summed E-state index contributed by atoms with van der Waals surface area (Å²) in [7, 11) is 0. The highest BCUT2D eigenvalue weighted by Crippen LogP contribution is 2.12. The second kappa shape index (κ2) is 6.26. The van der Waals surface area contributed by atoms with Crippen LogP contribution in [0.3, 0.4) is 0 Å². The minimum atomic E-state index is 0.494. The second-order valence-corrected chi connectivity index (χ2v) is 5.87. The molecule has 1 saturated heterocycles. The number of nitrogens with zero attached hydrogens (tertiary/aromatic N) is 3. The van der Waals surface area contributed by atoms with E-state index >= 15 is 0 Å². The average Bonchev–Trinajstić information content (AvgIpc) is 2.96. The molecule has 0 aliphatic carbocycles. The van der Waals surface area contributed by atoms with E-state index in [9.17, 15) is 0 Å². The largest absolute Gasteiger partial charge is 0.337 e. The molecule has 1 aromatic heterocycles. The van der Waals surface area contributed by atoms with Crippen LogP contribution in [0.2, 0.25) is 0 Å². The summed E-state index contributed by atoms with van der Waals surface area (Å²) < 4.78 is 0. The van der Waals surface area contributed by atoms with Crippen LogP contribution >= 0.6 is 0 Å². The van der Waals surface area contributed by atoms with Gasteiger partial charge < -0.3 is 10.2 Å². The molecule has 1 fully saturated rings. The number of hydrogen-bond donors (Lipinski definition) is 2. The van der Waals surface area contributed by atoms with Crippen molar-refractivity contribution in [2.75, 3.05) is 24.5 Å². The summed E-state index contributed by atoms with van der Waals surface area (Å²) in [6.45, 7) is 7.24. The Kier molecular flexibility index (Phi) is 4.20. The Hall–Kier alpha value is -1.88. The predicted molar refractivity (Wildman–Crippen MR) is 84.6 cm³/mol. The van der Waals surface area contributed by atoms with Crippen LogP contribution in [0.15, 0.2) is 24.3 Å². The normalized spacial score (nSPS) is 19.0. The van der Waals surface area contributed by atoms with Gasteiger partial charge in [-0.2, -0.15) is 4.98 Å². The number of aromatic amines is 1. The van der Waals surface area contributed by atoms with E-state index in [2.05, 4.69) is 63.5 Å². The lowest BCUT2D eigenvalue weighted by Gasteiger charge is -2.30. The van der Waals surface area contributed by atoms with E-state index < -0.39 is 0 Å². The highest BCUT2D eigenvalue weighted by molar-refractivity contribution is 5.30. The van der Waals surface area contributed by atoms with Crippen molar-refractivity contribution in [2.45, 2.75) is 32.7 Å². The first-order valence-corrected chi connectivity index (χ1v) is 7.66. The van der Waals surface area contributed by atoms with Gasteiger partial charge in [-0.05, 0) is 25.8 Å². The predicted octanol–water partition coefficient (Wildman–Crippen LogP) is 1.70. The minimum Gasteiger partial charge on any atom is -0.337 e. The zero-order valence-corrected chi connectivity index (χ0v) is 12.8. The number of hydrogen-bond acceptors (Lipinski definition) is 4. The van der Waals surface area contributed by atoms with Gasteiger partial charge in [0.15, 0.2) is 0 Å². The van der Waals surface area contributed by atoms with Gasteiger partial charge in [0.05, 0.1) is 0 Å². The molecule has 1 aliphatic heterocycles. The van der Waals surface area contributed by atoms with E-state index in [4.69, 9.17) is 0 Å². The van der Waals surface area contributed by atoms with Gasteiger partial charge >= 0.3 is 0 Å².